The van der Waals surface area contributed by atoms with Gasteiger partial charge in [0.05, 0.1) is 13.0 Å². The van der Waals surface area contributed by atoms with Gasteiger partial charge in [0.15, 0.2) is 17.4 Å². The summed E-state index contributed by atoms with van der Waals surface area (Å²) in [4.78, 5) is 24.0. The number of esters is 1. The number of rotatable bonds is 5. The van der Waals surface area contributed by atoms with E-state index in [4.69, 9.17) is 4.74 Å². The number of halogens is 2. The monoisotopic (exact) mass is 304 g/mol. The van der Waals surface area contributed by atoms with Crippen molar-refractivity contribution in [3.05, 3.63) is 70.8 Å². The van der Waals surface area contributed by atoms with Crippen molar-refractivity contribution in [3.8, 4) is 0 Å². The van der Waals surface area contributed by atoms with Gasteiger partial charge in [-0.25, -0.2) is 8.78 Å². The minimum atomic E-state index is -1.13. The summed E-state index contributed by atoms with van der Waals surface area (Å²) in [6.07, 6.45) is -0.293. The SMILES string of the molecule is CCOC(=O)Cc1cc(F)c(F)cc1C(=O)c1ccccc1. The maximum Gasteiger partial charge on any atom is 0.310 e. The first-order valence-corrected chi connectivity index (χ1v) is 6.76. The Kier molecular flexibility index (Phi) is 4.99. The molecule has 0 saturated carbocycles. The Bertz CT molecular complexity index is 697. The molecule has 0 radical (unpaired) electrons. The van der Waals surface area contributed by atoms with Crippen LogP contribution in [-0.2, 0) is 16.0 Å². The van der Waals surface area contributed by atoms with Gasteiger partial charge in [-0.05, 0) is 24.6 Å². The molecular weight excluding hydrogens is 290 g/mol. The largest absolute Gasteiger partial charge is 0.466 e. The van der Waals surface area contributed by atoms with Crippen LogP contribution < -0.4 is 0 Å². The van der Waals surface area contributed by atoms with E-state index in [-0.39, 0.29) is 24.2 Å². The minimum Gasteiger partial charge on any atom is -0.466 e. The Hall–Kier alpha value is -2.56. The molecule has 0 N–H and O–H groups in total. The minimum absolute atomic E-state index is 0.0434. The van der Waals surface area contributed by atoms with E-state index in [0.717, 1.165) is 12.1 Å². The van der Waals surface area contributed by atoms with E-state index < -0.39 is 23.4 Å². The van der Waals surface area contributed by atoms with Crippen molar-refractivity contribution in [3.63, 3.8) is 0 Å². The van der Waals surface area contributed by atoms with Crippen molar-refractivity contribution >= 4 is 11.8 Å². The Morgan fingerprint density at radius 3 is 2.32 bits per heavy atom. The number of benzene rings is 2. The van der Waals surface area contributed by atoms with E-state index in [0.29, 0.717) is 5.56 Å². The van der Waals surface area contributed by atoms with E-state index in [1.54, 1.807) is 37.3 Å². The lowest BCUT2D eigenvalue weighted by atomic mass is 9.96. The molecule has 114 valence electrons. The third-order valence-corrected chi connectivity index (χ3v) is 3.07. The molecule has 0 spiro atoms. The molecular formula is C17H14F2O3. The van der Waals surface area contributed by atoms with Gasteiger partial charge in [0.2, 0.25) is 0 Å². The van der Waals surface area contributed by atoms with Crippen molar-refractivity contribution in [2.24, 2.45) is 0 Å². The van der Waals surface area contributed by atoms with Crippen LogP contribution >= 0.6 is 0 Å². The molecule has 3 nitrogen and oxygen atoms in total. The lowest BCUT2D eigenvalue weighted by molar-refractivity contribution is -0.142. The van der Waals surface area contributed by atoms with E-state index >= 15 is 0 Å². The molecule has 0 bridgehead atoms. The summed E-state index contributed by atoms with van der Waals surface area (Å²) in [6, 6.07) is 9.88. The maximum atomic E-state index is 13.5. The maximum absolute atomic E-state index is 13.5. The average molecular weight is 304 g/mol. The van der Waals surface area contributed by atoms with Crippen molar-refractivity contribution in [2.75, 3.05) is 6.61 Å². The van der Waals surface area contributed by atoms with E-state index in [2.05, 4.69) is 0 Å². The van der Waals surface area contributed by atoms with Gasteiger partial charge in [-0.1, -0.05) is 30.3 Å². The van der Waals surface area contributed by atoms with E-state index in [1.807, 2.05) is 0 Å². The number of carbonyl (C=O) groups is 2. The predicted octanol–water partition coefficient (Wildman–Crippen LogP) is 3.30. The number of hydrogen-bond acceptors (Lipinski definition) is 3. The lowest BCUT2D eigenvalue weighted by Crippen LogP contribution is -2.13. The Morgan fingerprint density at radius 1 is 1.05 bits per heavy atom. The van der Waals surface area contributed by atoms with Crippen molar-refractivity contribution in [1.29, 1.82) is 0 Å². The van der Waals surface area contributed by atoms with Crippen LogP contribution in [0.5, 0.6) is 0 Å². The summed E-state index contributed by atoms with van der Waals surface area (Å²) < 4.78 is 31.7. The topological polar surface area (TPSA) is 43.4 Å². The van der Waals surface area contributed by atoms with Crippen LogP contribution in [0.3, 0.4) is 0 Å². The zero-order chi connectivity index (χ0) is 16.1. The van der Waals surface area contributed by atoms with Gasteiger partial charge < -0.3 is 4.74 Å². The van der Waals surface area contributed by atoms with Crippen molar-refractivity contribution in [2.45, 2.75) is 13.3 Å². The molecule has 0 heterocycles. The van der Waals surface area contributed by atoms with Crippen LogP contribution in [0.2, 0.25) is 0 Å². The molecule has 0 saturated heterocycles. The normalized spacial score (nSPS) is 10.3. The van der Waals surface area contributed by atoms with Crippen LogP contribution in [-0.4, -0.2) is 18.4 Å². The zero-order valence-electron chi connectivity index (χ0n) is 11.9. The highest BCUT2D eigenvalue weighted by molar-refractivity contribution is 6.10. The molecule has 0 aliphatic rings. The van der Waals surface area contributed by atoms with Crippen LogP contribution in [0.4, 0.5) is 8.78 Å². The Morgan fingerprint density at radius 2 is 1.68 bits per heavy atom. The van der Waals surface area contributed by atoms with Crippen LogP contribution in [0, 0.1) is 11.6 Å². The Balaban J connectivity index is 2.43. The summed E-state index contributed by atoms with van der Waals surface area (Å²) in [5, 5.41) is 0. The van der Waals surface area contributed by atoms with Crippen molar-refractivity contribution < 1.29 is 23.1 Å². The second-order valence-electron chi connectivity index (χ2n) is 4.60. The van der Waals surface area contributed by atoms with Gasteiger partial charge in [0.25, 0.3) is 0 Å². The average Bonchev–Trinajstić information content (AvgIpc) is 2.51. The first kappa shape index (κ1) is 15.8. The highest BCUT2D eigenvalue weighted by Gasteiger charge is 2.19. The smallest absolute Gasteiger partial charge is 0.310 e. The fraction of sp³-hybridized carbons (Fsp3) is 0.176. The molecule has 2 aromatic carbocycles. The molecule has 0 aliphatic heterocycles. The molecule has 0 fully saturated rings. The molecule has 0 unspecified atom stereocenters. The first-order valence-electron chi connectivity index (χ1n) is 6.76. The number of hydrogen-bond donors (Lipinski definition) is 0. The van der Waals surface area contributed by atoms with Gasteiger partial charge in [0.1, 0.15) is 0 Å². The van der Waals surface area contributed by atoms with E-state index in [9.17, 15) is 18.4 Å². The summed E-state index contributed by atoms with van der Waals surface area (Å²) in [6.45, 7) is 1.81. The number of ether oxygens (including phenoxy) is 1. The third kappa shape index (κ3) is 3.55. The third-order valence-electron chi connectivity index (χ3n) is 3.07. The lowest BCUT2D eigenvalue weighted by Gasteiger charge is -2.09. The summed E-state index contributed by atoms with van der Waals surface area (Å²) in [7, 11) is 0. The van der Waals surface area contributed by atoms with Crippen LogP contribution in [0.25, 0.3) is 0 Å². The highest BCUT2D eigenvalue weighted by Crippen LogP contribution is 2.20. The van der Waals surface area contributed by atoms with E-state index in [1.165, 1.54) is 0 Å². The first-order chi connectivity index (χ1) is 10.5. The molecule has 22 heavy (non-hydrogen) atoms. The zero-order valence-corrected chi connectivity index (χ0v) is 11.9. The molecule has 2 rings (SSSR count). The van der Waals surface area contributed by atoms with Gasteiger partial charge in [0, 0.05) is 11.1 Å². The van der Waals surface area contributed by atoms with Crippen LogP contribution in [0.15, 0.2) is 42.5 Å². The second kappa shape index (κ2) is 6.93. The van der Waals surface area contributed by atoms with Gasteiger partial charge in [-0.15, -0.1) is 0 Å². The quantitative estimate of drug-likeness (QED) is 0.629. The molecule has 0 atom stereocenters. The van der Waals surface area contributed by atoms with Gasteiger partial charge in [-0.2, -0.15) is 0 Å². The highest BCUT2D eigenvalue weighted by atomic mass is 19.2. The summed E-state index contributed by atoms with van der Waals surface area (Å²) in [5.41, 5.74) is 0.392. The van der Waals surface area contributed by atoms with Gasteiger partial charge in [-0.3, -0.25) is 9.59 Å². The summed E-state index contributed by atoms with van der Waals surface area (Å²) in [5.74, 6) is -3.31. The molecule has 0 amide bonds. The van der Waals surface area contributed by atoms with Gasteiger partial charge >= 0.3 is 5.97 Å². The Labute approximate surface area is 126 Å². The van der Waals surface area contributed by atoms with Crippen molar-refractivity contribution in [1.82, 2.24) is 0 Å². The molecule has 5 heteroatoms. The molecule has 0 aliphatic carbocycles. The molecule has 2 aromatic rings. The number of ketones is 1. The summed E-state index contributed by atoms with van der Waals surface area (Å²) >= 11 is 0. The standard InChI is InChI=1S/C17H14F2O3/c1-2-22-16(20)9-12-8-14(18)15(19)10-13(12)17(21)11-6-4-3-5-7-11/h3-8,10H,2,9H2,1H3. The predicted molar refractivity (Wildman–Crippen MR) is 76.6 cm³/mol. The number of carbonyl (C=O) groups excluding carboxylic acids is 2. The fourth-order valence-corrected chi connectivity index (χ4v) is 2.06. The molecule has 0 aromatic heterocycles. The fourth-order valence-electron chi connectivity index (χ4n) is 2.06. The second-order valence-corrected chi connectivity index (χ2v) is 4.60. The van der Waals surface area contributed by atoms with Crippen LogP contribution in [0.1, 0.15) is 28.4 Å².